The summed E-state index contributed by atoms with van der Waals surface area (Å²) in [4.78, 5) is 25.7. The zero-order chi connectivity index (χ0) is 19.5. The maximum atomic E-state index is 12.6. The van der Waals surface area contributed by atoms with E-state index in [1.54, 1.807) is 23.7 Å². The summed E-state index contributed by atoms with van der Waals surface area (Å²) in [6.45, 7) is 3.90. The third kappa shape index (κ3) is 4.60. The maximum Gasteiger partial charge on any atom is 0.255 e. The number of piperazine rings is 1. The van der Waals surface area contributed by atoms with Gasteiger partial charge in [0.05, 0.1) is 17.8 Å². The van der Waals surface area contributed by atoms with Crippen molar-refractivity contribution in [2.45, 2.75) is 6.54 Å². The molecule has 0 spiro atoms. The first-order valence-electron chi connectivity index (χ1n) is 8.91. The molecule has 0 atom stereocenters. The summed E-state index contributed by atoms with van der Waals surface area (Å²) in [6.07, 6.45) is 3.30. The fourth-order valence-corrected chi connectivity index (χ4v) is 4.48. The zero-order valence-corrected chi connectivity index (χ0v) is 18.2. The van der Waals surface area contributed by atoms with E-state index in [1.807, 2.05) is 35.2 Å². The van der Waals surface area contributed by atoms with Gasteiger partial charge >= 0.3 is 0 Å². The molecule has 2 aromatic heterocycles. The van der Waals surface area contributed by atoms with Crippen LogP contribution in [0.3, 0.4) is 0 Å². The van der Waals surface area contributed by atoms with Crippen LogP contribution in [0, 0.1) is 0 Å². The fraction of sp³-hybridized carbons (Fsp3) is 0.250. The van der Waals surface area contributed by atoms with E-state index in [2.05, 4.69) is 31.2 Å². The van der Waals surface area contributed by atoms with Crippen molar-refractivity contribution < 1.29 is 4.79 Å². The van der Waals surface area contributed by atoms with Crippen molar-refractivity contribution in [1.29, 1.82) is 0 Å². The average Bonchev–Trinajstić information content (AvgIpc) is 3.17. The Bertz CT molecular complexity index is 970. The molecule has 8 heteroatoms. The summed E-state index contributed by atoms with van der Waals surface area (Å²) < 4.78 is 0.817. The highest BCUT2D eigenvalue weighted by molar-refractivity contribution is 9.10. The van der Waals surface area contributed by atoms with E-state index in [0.29, 0.717) is 18.7 Å². The zero-order valence-electron chi connectivity index (χ0n) is 15.0. The van der Waals surface area contributed by atoms with Crippen molar-refractivity contribution in [1.82, 2.24) is 19.8 Å². The SMILES string of the molecule is O=C(c1cncc(Br)c1)N1CCN(Cc2nc(-c3ccc(Cl)cc3)cs2)CC1. The van der Waals surface area contributed by atoms with Gasteiger partial charge in [-0.25, -0.2) is 4.98 Å². The molecule has 5 nitrogen and oxygen atoms in total. The van der Waals surface area contributed by atoms with Gasteiger partial charge in [0.2, 0.25) is 0 Å². The molecular weight excluding hydrogens is 460 g/mol. The van der Waals surface area contributed by atoms with Crippen molar-refractivity contribution in [3.63, 3.8) is 0 Å². The summed E-state index contributed by atoms with van der Waals surface area (Å²) in [7, 11) is 0. The molecule has 0 bridgehead atoms. The number of rotatable bonds is 4. The van der Waals surface area contributed by atoms with E-state index in [0.717, 1.165) is 45.4 Å². The van der Waals surface area contributed by atoms with Gasteiger partial charge in [0.25, 0.3) is 5.91 Å². The monoisotopic (exact) mass is 476 g/mol. The van der Waals surface area contributed by atoms with Gasteiger partial charge in [0.15, 0.2) is 0 Å². The Morgan fingerprint density at radius 2 is 1.89 bits per heavy atom. The number of nitrogens with zero attached hydrogens (tertiary/aromatic N) is 4. The first-order valence-corrected chi connectivity index (χ1v) is 11.0. The Labute approximate surface area is 181 Å². The third-order valence-corrected chi connectivity index (χ3v) is 6.18. The molecule has 0 aliphatic carbocycles. The van der Waals surface area contributed by atoms with Gasteiger partial charge in [0, 0.05) is 59.0 Å². The lowest BCUT2D eigenvalue weighted by Crippen LogP contribution is -2.48. The largest absolute Gasteiger partial charge is 0.336 e. The van der Waals surface area contributed by atoms with Crippen LogP contribution < -0.4 is 0 Å². The summed E-state index contributed by atoms with van der Waals surface area (Å²) in [5.41, 5.74) is 2.67. The highest BCUT2D eigenvalue weighted by Gasteiger charge is 2.23. The minimum absolute atomic E-state index is 0.0349. The van der Waals surface area contributed by atoms with Gasteiger partial charge in [-0.1, -0.05) is 23.7 Å². The van der Waals surface area contributed by atoms with Crippen molar-refractivity contribution in [3.8, 4) is 11.3 Å². The van der Waals surface area contributed by atoms with Crippen LogP contribution >= 0.6 is 38.9 Å². The number of hydrogen-bond acceptors (Lipinski definition) is 5. The highest BCUT2D eigenvalue weighted by atomic mass is 79.9. The van der Waals surface area contributed by atoms with Gasteiger partial charge in [-0.3, -0.25) is 14.7 Å². The predicted molar refractivity (Wildman–Crippen MR) is 116 cm³/mol. The quantitative estimate of drug-likeness (QED) is 0.552. The number of carbonyl (C=O) groups is 1. The highest BCUT2D eigenvalue weighted by Crippen LogP contribution is 2.24. The average molecular weight is 478 g/mol. The molecule has 3 heterocycles. The van der Waals surface area contributed by atoms with Gasteiger partial charge in [-0.2, -0.15) is 0 Å². The van der Waals surface area contributed by atoms with Crippen LogP contribution in [-0.2, 0) is 6.54 Å². The Morgan fingerprint density at radius 3 is 2.61 bits per heavy atom. The molecular formula is C20H18BrClN4OS. The van der Waals surface area contributed by atoms with E-state index < -0.39 is 0 Å². The lowest BCUT2D eigenvalue weighted by molar-refractivity contribution is 0.0628. The number of amides is 1. The standard InChI is InChI=1S/C20H18BrClN4OS/c21-16-9-15(10-23-11-16)20(27)26-7-5-25(6-8-26)12-19-24-18(13-28-19)14-1-3-17(22)4-2-14/h1-4,9-11,13H,5-8,12H2. The molecule has 1 aromatic carbocycles. The van der Waals surface area contributed by atoms with E-state index >= 15 is 0 Å². The molecule has 1 fully saturated rings. The molecule has 4 rings (SSSR count). The molecule has 1 amide bonds. The Hall–Kier alpha value is -1.80. The lowest BCUT2D eigenvalue weighted by atomic mass is 10.2. The van der Waals surface area contributed by atoms with E-state index in [9.17, 15) is 4.79 Å². The van der Waals surface area contributed by atoms with Gasteiger partial charge in [0.1, 0.15) is 5.01 Å². The second kappa shape index (κ2) is 8.69. The molecule has 28 heavy (non-hydrogen) atoms. The summed E-state index contributed by atoms with van der Waals surface area (Å²) in [5.74, 6) is 0.0349. The molecule has 0 saturated carbocycles. The molecule has 1 aliphatic heterocycles. The van der Waals surface area contributed by atoms with Crippen LogP contribution in [0.5, 0.6) is 0 Å². The topological polar surface area (TPSA) is 49.3 Å². The van der Waals surface area contributed by atoms with Crippen molar-refractivity contribution in [3.05, 3.63) is 68.2 Å². The lowest BCUT2D eigenvalue weighted by Gasteiger charge is -2.34. The number of benzene rings is 1. The van der Waals surface area contributed by atoms with Crippen LogP contribution in [0.4, 0.5) is 0 Å². The van der Waals surface area contributed by atoms with E-state index in [-0.39, 0.29) is 5.91 Å². The van der Waals surface area contributed by atoms with E-state index in [1.165, 1.54) is 0 Å². The van der Waals surface area contributed by atoms with Crippen molar-refractivity contribution in [2.24, 2.45) is 0 Å². The minimum atomic E-state index is 0.0349. The maximum absolute atomic E-state index is 12.6. The van der Waals surface area contributed by atoms with E-state index in [4.69, 9.17) is 16.6 Å². The molecule has 1 saturated heterocycles. The summed E-state index contributed by atoms with van der Waals surface area (Å²) in [5, 5.41) is 3.89. The second-order valence-electron chi connectivity index (χ2n) is 6.59. The first-order chi connectivity index (χ1) is 13.6. The fourth-order valence-electron chi connectivity index (χ4n) is 3.15. The van der Waals surface area contributed by atoms with Gasteiger partial charge < -0.3 is 4.90 Å². The third-order valence-electron chi connectivity index (χ3n) is 4.66. The van der Waals surface area contributed by atoms with Crippen molar-refractivity contribution >= 4 is 44.8 Å². The number of pyridine rings is 1. The first kappa shape index (κ1) is 19.5. The normalized spacial score (nSPS) is 15.0. The minimum Gasteiger partial charge on any atom is -0.336 e. The Balaban J connectivity index is 1.33. The Kier molecular flexibility index (Phi) is 6.06. The number of aromatic nitrogens is 2. The van der Waals surface area contributed by atoms with Crippen LogP contribution in [0.1, 0.15) is 15.4 Å². The van der Waals surface area contributed by atoms with Crippen LogP contribution in [0.25, 0.3) is 11.3 Å². The summed E-state index contributed by atoms with van der Waals surface area (Å²) >= 11 is 11.0. The smallest absolute Gasteiger partial charge is 0.255 e. The molecule has 0 N–H and O–H groups in total. The number of carbonyl (C=O) groups excluding carboxylic acids is 1. The molecule has 0 unspecified atom stereocenters. The molecule has 0 radical (unpaired) electrons. The molecule has 3 aromatic rings. The number of hydrogen-bond donors (Lipinski definition) is 0. The van der Waals surface area contributed by atoms with Crippen LogP contribution in [0.15, 0.2) is 52.6 Å². The van der Waals surface area contributed by atoms with Crippen LogP contribution in [0.2, 0.25) is 5.02 Å². The second-order valence-corrected chi connectivity index (χ2v) is 8.89. The summed E-state index contributed by atoms with van der Waals surface area (Å²) in [6, 6.07) is 9.56. The Morgan fingerprint density at radius 1 is 1.14 bits per heavy atom. The molecule has 144 valence electrons. The van der Waals surface area contributed by atoms with Crippen molar-refractivity contribution in [2.75, 3.05) is 26.2 Å². The number of halogens is 2. The number of thiazole rings is 1. The predicted octanol–water partition coefficient (Wildman–Crippen LogP) is 4.58. The molecule has 1 aliphatic rings. The van der Waals surface area contributed by atoms with Gasteiger partial charge in [-0.05, 0) is 34.1 Å². The van der Waals surface area contributed by atoms with Crippen LogP contribution in [-0.4, -0.2) is 51.9 Å². The van der Waals surface area contributed by atoms with Gasteiger partial charge in [-0.15, -0.1) is 11.3 Å².